The highest BCUT2D eigenvalue weighted by molar-refractivity contribution is 7.91. The summed E-state index contributed by atoms with van der Waals surface area (Å²) in [5, 5.41) is 24.8. The molecule has 2 aromatic heterocycles. The molecule has 8 aliphatic rings. The number of hydrogen-bond donors (Lipinski definition) is 4. The fourth-order valence-corrected chi connectivity index (χ4v) is 19.5. The number of aryl methyl sites for hydroxylation is 4. The lowest BCUT2D eigenvalue weighted by Gasteiger charge is -2.48. The Hall–Kier alpha value is -6.68. The van der Waals surface area contributed by atoms with E-state index in [9.17, 15) is 36.6 Å². The Morgan fingerprint density at radius 3 is 1.36 bits per heavy atom. The molecule has 22 heteroatoms. The molecule has 4 N–H and O–H groups in total. The molecule has 6 aromatic rings. The number of aromatic nitrogens is 4. The van der Waals surface area contributed by atoms with Crippen LogP contribution in [0.2, 0.25) is 10.0 Å². The van der Waals surface area contributed by atoms with E-state index >= 15 is 0 Å². The van der Waals surface area contributed by atoms with Crippen LogP contribution in [0.5, 0.6) is 11.5 Å². The van der Waals surface area contributed by atoms with Gasteiger partial charge in [-0.15, -0.1) is 0 Å². The number of imidazole rings is 2. The Labute approximate surface area is 562 Å². The fraction of sp³-hybridized carbons (Fsp3) is 0.500. The summed E-state index contributed by atoms with van der Waals surface area (Å²) < 4.78 is 75.2. The van der Waals surface area contributed by atoms with Crippen molar-refractivity contribution in [2.24, 2.45) is 49.6 Å². The summed E-state index contributed by atoms with van der Waals surface area (Å²) >= 11 is 12.9. The van der Waals surface area contributed by atoms with Gasteiger partial charge in [-0.25, -0.2) is 36.2 Å². The van der Waals surface area contributed by atoms with Crippen molar-refractivity contribution < 1.29 is 46.1 Å². The molecule has 4 aromatic carbocycles. The standard InChI is InChI=1S/2C36H43ClN4O5S/c2*1-23-6-4-15-36(43,34-38-16-17-40(34)3)30-11-8-27(30)20-41-21-35(14-5-7-25-18-28(37)10-12-29(25)35)22-46-32-13-9-26(19-31(32)41)33(42)39-47(44,45)24(23)2/h2*4,9-10,12-13,15-19,23-24,27,30,43H,5-8,11,14,20-22H2,1-3H3,(H,39,42)/b2*15-4+/t23-,24+,27-,30+,35-,36+;23-,24+,27-,30+,35-,36-/m00/s1. The first-order chi connectivity index (χ1) is 44.8. The quantitative estimate of drug-likeness (QED) is 0.118. The zero-order chi connectivity index (χ0) is 66.3. The second-order valence-corrected chi connectivity index (χ2v) is 33.4. The van der Waals surface area contributed by atoms with Crippen LogP contribution in [0.25, 0.3) is 0 Å². The summed E-state index contributed by atoms with van der Waals surface area (Å²) in [7, 11) is -4.20. The Kier molecular flexibility index (Phi) is 17.8. The minimum Gasteiger partial charge on any atom is -0.490 e. The van der Waals surface area contributed by atoms with E-state index in [1.807, 2.05) is 85.9 Å². The van der Waals surface area contributed by atoms with Gasteiger partial charge in [-0.1, -0.05) is 61.3 Å². The van der Waals surface area contributed by atoms with Crippen LogP contribution >= 0.6 is 23.2 Å². The third-order valence-electron chi connectivity index (χ3n) is 22.6. The fourth-order valence-electron chi connectivity index (χ4n) is 16.5. The van der Waals surface area contributed by atoms with Crippen molar-refractivity contribution in [3.8, 4) is 11.5 Å². The van der Waals surface area contributed by atoms with Gasteiger partial charge >= 0.3 is 0 Å². The lowest BCUT2D eigenvalue weighted by Crippen LogP contribution is -2.52. The molecule has 500 valence electrons. The first kappa shape index (κ1) is 66.0. The maximum atomic E-state index is 13.5. The van der Waals surface area contributed by atoms with E-state index in [1.54, 1.807) is 62.6 Å². The number of carbonyl (C=O) groups is 2. The Balaban J connectivity index is 0.000000171. The smallest absolute Gasteiger partial charge is 0.264 e. The third kappa shape index (κ3) is 12.2. The zero-order valence-electron chi connectivity index (χ0n) is 54.3. The normalized spacial score (nSPS) is 32.6. The Bertz CT molecular complexity index is 3950. The van der Waals surface area contributed by atoms with Gasteiger partial charge in [0.1, 0.15) is 34.3 Å². The number of aliphatic hydroxyl groups is 2. The van der Waals surface area contributed by atoms with E-state index in [0.29, 0.717) is 75.4 Å². The van der Waals surface area contributed by atoms with Crippen LogP contribution in [-0.2, 0) is 69.0 Å². The summed E-state index contributed by atoms with van der Waals surface area (Å²) in [5.74, 6) is 0.533. The van der Waals surface area contributed by atoms with E-state index in [4.69, 9.17) is 32.7 Å². The van der Waals surface area contributed by atoms with Crippen molar-refractivity contribution in [2.45, 2.75) is 137 Å². The van der Waals surface area contributed by atoms with Gasteiger partial charge in [0, 0.05) is 109 Å². The summed E-state index contributed by atoms with van der Waals surface area (Å²) in [6.07, 6.45) is 24.6. The number of anilines is 2. The average Bonchev–Trinajstić information content (AvgIpc) is 1.38. The van der Waals surface area contributed by atoms with Gasteiger partial charge in [-0.2, -0.15) is 0 Å². The van der Waals surface area contributed by atoms with Gasteiger partial charge in [-0.3, -0.25) is 9.59 Å². The van der Waals surface area contributed by atoms with E-state index < -0.39 is 53.6 Å². The SMILES string of the molecule is C[C@@H]1[C@@H](C)C/C=C/[C@@](O)(c2nccn2C)[C@@H]2CC[C@H]2CN2C[C@@]3(CCCc4cc(Cl)ccc43)COc3ccc(cc32)C(=O)NS1(=O)=O.C[C@@H]1[C@@H](C)C/C=C/[C@](O)(c2nccn2C)[C@@H]2CC[C@H]2CN2C[C@@]3(CCCc4cc(Cl)ccc43)COc3ccc(cc32)C(=O)NS1(=O)=O. The molecular formula is C72H86Cl2N8O10S2. The van der Waals surface area contributed by atoms with Crippen molar-refractivity contribution in [2.75, 3.05) is 49.2 Å². The molecule has 14 rings (SSSR count). The van der Waals surface area contributed by atoms with Crippen LogP contribution in [0.4, 0.5) is 11.4 Å². The van der Waals surface area contributed by atoms with E-state index in [0.717, 1.165) is 85.6 Å². The summed E-state index contributed by atoms with van der Waals surface area (Å²) in [5.41, 5.74) is 3.65. The van der Waals surface area contributed by atoms with Gasteiger partial charge in [-0.05, 0) is 210 Å². The average molecular weight is 1360 g/mol. The van der Waals surface area contributed by atoms with Crippen LogP contribution in [0, 0.1) is 35.5 Å². The number of nitrogens with one attached hydrogen (secondary N) is 2. The molecule has 2 saturated carbocycles. The molecule has 4 bridgehead atoms. The predicted molar refractivity (Wildman–Crippen MR) is 365 cm³/mol. The number of amides is 2. The van der Waals surface area contributed by atoms with E-state index in [2.05, 4.69) is 53.5 Å². The molecule has 4 aliphatic carbocycles. The topological polar surface area (TPSA) is 228 Å². The summed E-state index contributed by atoms with van der Waals surface area (Å²) in [6, 6.07) is 22.7. The predicted octanol–water partition coefficient (Wildman–Crippen LogP) is 11.0. The van der Waals surface area contributed by atoms with Crippen LogP contribution in [0.1, 0.15) is 147 Å². The molecule has 94 heavy (non-hydrogen) atoms. The lowest BCUT2D eigenvalue weighted by atomic mass is 9.63. The summed E-state index contributed by atoms with van der Waals surface area (Å²) in [6.45, 7) is 10.4. The second kappa shape index (κ2) is 25.4. The molecular weight excluding hydrogens is 1270 g/mol. The zero-order valence-corrected chi connectivity index (χ0v) is 57.5. The van der Waals surface area contributed by atoms with Crippen LogP contribution < -0.4 is 28.7 Å². The van der Waals surface area contributed by atoms with Crippen molar-refractivity contribution in [1.29, 1.82) is 0 Å². The van der Waals surface area contributed by atoms with Crippen molar-refractivity contribution in [3.63, 3.8) is 0 Å². The number of hydrogen-bond acceptors (Lipinski definition) is 14. The van der Waals surface area contributed by atoms with Gasteiger partial charge in [0.2, 0.25) is 20.0 Å². The Morgan fingerprint density at radius 2 is 0.989 bits per heavy atom. The number of carbonyl (C=O) groups excluding carboxylic acids is 2. The van der Waals surface area contributed by atoms with E-state index in [1.165, 1.54) is 22.3 Å². The first-order valence-electron chi connectivity index (χ1n) is 33.3. The highest BCUT2D eigenvalue weighted by atomic mass is 35.5. The van der Waals surface area contributed by atoms with Gasteiger partial charge < -0.3 is 38.6 Å². The van der Waals surface area contributed by atoms with Gasteiger partial charge in [0.25, 0.3) is 11.8 Å². The lowest BCUT2D eigenvalue weighted by molar-refractivity contribution is -0.0579. The Morgan fingerprint density at radius 1 is 0.574 bits per heavy atom. The molecule has 0 saturated heterocycles. The molecule has 0 unspecified atom stereocenters. The minimum absolute atomic E-state index is 0.114. The van der Waals surface area contributed by atoms with Gasteiger partial charge in [0.15, 0.2) is 0 Å². The molecule has 2 fully saturated rings. The van der Waals surface area contributed by atoms with Crippen molar-refractivity contribution >= 4 is 66.4 Å². The van der Waals surface area contributed by atoms with Crippen molar-refractivity contribution in [1.82, 2.24) is 28.5 Å². The summed E-state index contributed by atoms with van der Waals surface area (Å²) in [4.78, 5) is 40.8. The highest BCUT2D eigenvalue weighted by Crippen LogP contribution is 2.53. The number of ether oxygens (including phenoxy) is 2. The molecule has 2 spiro atoms. The molecule has 18 nitrogen and oxygen atoms in total. The van der Waals surface area contributed by atoms with Crippen LogP contribution in [0.15, 0.2) is 122 Å². The number of rotatable bonds is 2. The number of allylic oxidation sites excluding steroid dienone is 2. The second-order valence-electron chi connectivity index (χ2n) is 28.4. The van der Waals surface area contributed by atoms with E-state index in [-0.39, 0.29) is 57.5 Å². The number of sulfonamides is 2. The maximum Gasteiger partial charge on any atom is 0.264 e. The molecule has 6 heterocycles. The van der Waals surface area contributed by atoms with Crippen molar-refractivity contribution in [3.05, 3.63) is 177 Å². The maximum absolute atomic E-state index is 13.5. The van der Waals surface area contributed by atoms with Gasteiger partial charge in [0.05, 0.1) is 35.1 Å². The molecule has 2 amide bonds. The monoisotopic (exact) mass is 1360 g/mol. The number of nitrogens with zero attached hydrogens (tertiary/aromatic N) is 6. The number of benzene rings is 4. The van der Waals surface area contributed by atoms with Crippen LogP contribution in [0.3, 0.4) is 0 Å². The first-order valence-corrected chi connectivity index (χ1v) is 37.1. The number of halogens is 2. The van der Waals surface area contributed by atoms with Crippen LogP contribution in [-0.4, -0.2) is 108 Å². The molecule has 0 radical (unpaired) electrons. The third-order valence-corrected chi connectivity index (χ3v) is 26.9. The minimum atomic E-state index is -3.99. The number of fused-ring (bicyclic) bond motifs is 8. The molecule has 12 atom stereocenters. The largest absolute Gasteiger partial charge is 0.490 e. The molecule has 4 aliphatic heterocycles. The highest BCUT2D eigenvalue weighted by Gasteiger charge is 2.53.